The second-order valence-electron chi connectivity index (χ2n) is 5.05. The van der Waals surface area contributed by atoms with Crippen molar-refractivity contribution in [3.63, 3.8) is 0 Å². The van der Waals surface area contributed by atoms with Crippen LogP contribution in [0.4, 0.5) is 0 Å². The van der Waals surface area contributed by atoms with E-state index in [0.29, 0.717) is 0 Å². The molecule has 0 rings (SSSR count). The van der Waals surface area contributed by atoms with E-state index in [4.69, 9.17) is 31.5 Å². The van der Waals surface area contributed by atoms with Crippen LogP contribution in [0.25, 0.3) is 0 Å². The molecule has 0 saturated carbocycles. The third-order valence-corrected chi connectivity index (χ3v) is 2.46. The van der Waals surface area contributed by atoms with E-state index in [2.05, 4.69) is 0 Å². The van der Waals surface area contributed by atoms with E-state index < -0.39 is 95.5 Å². The van der Waals surface area contributed by atoms with Gasteiger partial charge < -0.3 is 19.7 Å². The largest absolute Gasteiger partial charge is 0.544 e. The lowest BCUT2D eigenvalue weighted by Crippen LogP contribution is -2.49. The zero-order chi connectivity index (χ0) is 38.7. The number of nitrogens with zero attached hydrogens (tertiary/aromatic N) is 1. The lowest BCUT2D eigenvalue weighted by atomic mass is 10.1. The van der Waals surface area contributed by atoms with Gasteiger partial charge in [0.25, 0.3) is 0 Å². The van der Waals surface area contributed by atoms with Gasteiger partial charge in [-0.15, -0.1) is 0 Å². The second kappa shape index (κ2) is 14.3. The Morgan fingerprint density at radius 2 is 1.62 bits per heavy atom. The highest BCUT2D eigenvalue weighted by molar-refractivity contribution is 5.75. The molecule has 0 aliphatic heterocycles. The van der Waals surface area contributed by atoms with Crippen LogP contribution < -0.4 is 10.4 Å². The first kappa shape index (κ1) is 5.45. The monoisotopic (exact) mass is 365 g/mol. The van der Waals surface area contributed by atoms with Crippen molar-refractivity contribution < 1.29 is 50.7 Å². The van der Waals surface area contributed by atoms with Crippen LogP contribution in [0.3, 0.4) is 0 Å². The Labute approximate surface area is 180 Å². The van der Waals surface area contributed by atoms with E-state index in [9.17, 15) is 14.7 Å². The number of likely N-dealkylation sites (N-methyl/N-ethyl adjacent to an activating group) is 1. The first-order valence-electron chi connectivity index (χ1n) is 18.3. The third kappa shape index (κ3) is 15.8. The summed E-state index contributed by atoms with van der Waals surface area (Å²) in [7, 11) is 2.95. The Morgan fingerprint density at radius 1 is 1.04 bits per heavy atom. The summed E-state index contributed by atoms with van der Waals surface area (Å²) in [5.41, 5.74) is 0. The predicted molar refractivity (Wildman–Crippen MR) is 96.3 cm³/mol. The number of hydrogen-bond donors (Lipinski definition) is 1. The maximum Gasteiger partial charge on any atom is 0.219 e. The highest BCUT2D eigenvalue weighted by Crippen LogP contribution is 2.10. The van der Waals surface area contributed by atoms with Crippen LogP contribution in [0.15, 0.2) is 0 Å². The maximum absolute atomic E-state index is 12.7. The topological polar surface area (TPSA) is 69.2 Å². The molecule has 0 saturated heterocycles. The average Bonchev–Trinajstić information content (AvgIpc) is 2.83. The molecule has 0 spiro atoms. The van der Waals surface area contributed by atoms with Gasteiger partial charge in [0.15, 0.2) is 0 Å². The van der Waals surface area contributed by atoms with Crippen molar-refractivity contribution in [3.05, 3.63) is 0 Å². The van der Waals surface area contributed by atoms with Gasteiger partial charge >= 0.3 is 0 Å². The van der Waals surface area contributed by atoms with Gasteiger partial charge in [0.2, 0.25) is 5.91 Å². The van der Waals surface area contributed by atoms with E-state index in [1.165, 1.54) is 14.1 Å². The Morgan fingerprint density at radius 3 is 2.21 bits per heavy atom. The number of carboxylic acids is 1. The van der Waals surface area contributed by atoms with Crippen LogP contribution in [0.1, 0.15) is 109 Å². The standard InChI is InChI=1S/C19H38N2O3/c1-4-5-6-7-8-9-10-11-12-14-18(22)20-15-13-16-21(2,3)17-19(23)24/h4-17H2,1-3H3,(H-,20,22,23,24)/i1D3,4D2,5D2,6D2,7D2,8D2,9D2,10D2,11D2,12D2,14D2. The molecule has 0 aromatic carbocycles. The number of carbonyl (C=O) groups is 2. The highest BCUT2D eigenvalue weighted by Gasteiger charge is 2.14. The quantitative estimate of drug-likeness (QED) is 0.337. The molecule has 0 radical (unpaired) electrons. The average molecular weight is 366 g/mol. The number of carboxylic acid groups (broad SMARTS) is 1. The molecule has 0 atom stereocenters. The number of carbonyl (C=O) groups excluding carboxylic acids is 2. The van der Waals surface area contributed by atoms with Crippen LogP contribution in [0, 0.1) is 0 Å². The fourth-order valence-electron chi connectivity index (χ4n) is 1.49. The second-order valence-corrected chi connectivity index (χ2v) is 5.05. The third-order valence-electron chi connectivity index (χ3n) is 2.46. The summed E-state index contributed by atoms with van der Waals surface area (Å²) in [6, 6.07) is 0. The SMILES string of the molecule is [2H]C([2H])([2H])C([2H])([2H])C([2H])([2H])C([2H])([2H])C([2H])([2H])C([2H])([2H])C([2H])([2H])C([2H])([2H])C([2H])([2H])C([2H])([2H])C([2H])([2H])C(=O)NCCC[N+](C)(C)CC(=O)[O-]. The highest BCUT2D eigenvalue weighted by atomic mass is 16.4. The number of rotatable bonds is 16. The lowest BCUT2D eigenvalue weighted by molar-refractivity contribution is -0.884. The zero-order valence-electron chi connectivity index (χ0n) is 36.5. The molecule has 24 heavy (non-hydrogen) atoms. The smallest absolute Gasteiger partial charge is 0.219 e. The molecule has 0 unspecified atom stereocenters. The van der Waals surface area contributed by atoms with E-state index in [1.54, 1.807) is 0 Å². The van der Waals surface area contributed by atoms with Crippen LogP contribution in [0.2, 0.25) is 0 Å². The summed E-state index contributed by atoms with van der Waals surface area (Å²) in [6.45, 7) is -4.84. The molecule has 0 bridgehead atoms. The van der Waals surface area contributed by atoms with Gasteiger partial charge in [0.1, 0.15) is 6.54 Å². The van der Waals surface area contributed by atoms with Gasteiger partial charge in [-0.25, -0.2) is 0 Å². The number of nitrogens with one attached hydrogen (secondary N) is 1. The van der Waals surface area contributed by atoms with Gasteiger partial charge in [0.05, 0.1) is 26.6 Å². The fraction of sp³-hybridized carbons (Fsp3) is 0.895. The first-order valence-corrected chi connectivity index (χ1v) is 6.85. The molecule has 1 N–H and O–H groups in total. The summed E-state index contributed by atoms with van der Waals surface area (Å²) in [4.78, 5) is 23.5. The number of hydrogen-bond acceptors (Lipinski definition) is 3. The van der Waals surface area contributed by atoms with E-state index in [-0.39, 0.29) is 17.4 Å². The molecule has 142 valence electrons. The number of amides is 1. The molecule has 5 nitrogen and oxygen atoms in total. The van der Waals surface area contributed by atoms with Crippen molar-refractivity contribution in [2.75, 3.05) is 33.7 Å². The first-order chi connectivity index (χ1) is 20.0. The Kier molecular flexibility index (Phi) is 3.24. The molecular formula is C19H38N2O3. The van der Waals surface area contributed by atoms with E-state index in [1.807, 2.05) is 5.32 Å². The minimum Gasteiger partial charge on any atom is -0.544 e. The molecule has 5 heteroatoms. The van der Waals surface area contributed by atoms with Crippen LogP contribution in [0.5, 0.6) is 0 Å². The predicted octanol–water partition coefficient (Wildman–Crippen LogP) is 2.24. The van der Waals surface area contributed by atoms with Crippen molar-refractivity contribution >= 4 is 11.9 Å². The van der Waals surface area contributed by atoms with Gasteiger partial charge in [-0.2, -0.15) is 0 Å². The van der Waals surface area contributed by atoms with Crippen molar-refractivity contribution in [2.24, 2.45) is 0 Å². The summed E-state index contributed by atoms with van der Waals surface area (Å²) < 4.78 is 182. The van der Waals surface area contributed by atoms with Crippen LogP contribution in [-0.4, -0.2) is 50.1 Å². The minimum absolute atomic E-state index is 0.0359. The van der Waals surface area contributed by atoms with Gasteiger partial charge in [-0.1, -0.05) is 57.8 Å². The summed E-state index contributed by atoms with van der Waals surface area (Å²) in [5, 5.41) is 12.8. The van der Waals surface area contributed by atoms with Crippen molar-refractivity contribution in [3.8, 4) is 0 Å². The number of aliphatic carboxylic acids is 1. The molecular weight excluding hydrogens is 304 g/mol. The van der Waals surface area contributed by atoms with Crippen LogP contribution in [-0.2, 0) is 9.59 Å². The van der Waals surface area contributed by atoms with E-state index >= 15 is 0 Å². The molecule has 0 aromatic rings. The minimum atomic E-state index is -4.82. The van der Waals surface area contributed by atoms with Crippen molar-refractivity contribution in [1.82, 2.24) is 5.32 Å². The van der Waals surface area contributed by atoms with Crippen molar-refractivity contribution in [1.29, 1.82) is 0 Å². The number of quaternary nitrogens is 1. The Hall–Kier alpha value is -1.10. The molecule has 0 fully saturated rings. The molecule has 0 aliphatic carbocycles. The normalized spacial score (nSPS) is 32.2. The molecule has 0 aromatic heterocycles. The van der Waals surface area contributed by atoms with Gasteiger partial charge in [-0.05, 0) is 6.37 Å². The molecule has 1 amide bonds. The zero-order valence-corrected chi connectivity index (χ0v) is 13.5. The maximum atomic E-state index is 12.7. The van der Waals surface area contributed by atoms with Gasteiger partial charge in [0, 0.05) is 50.9 Å². The van der Waals surface area contributed by atoms with Crippen molar-refractivity contribution in [2.45, 2.75) is 77.0 Å². The Bertz CT molecular complexity index is 1160. The van der Waals surface area contributed by atoms with Crippen LogP contribution >= 0.6 is 0 Å². The summed E-state index contributed by atoms with van der Waals surface area (Å²) >= 11 is 0. The van der Waals surface area contributed by atoms with Gasteiger partial charge in [-0.3, -0.25) is 4.79 Å². The summed E-state index contributed by atoms with van der Waals surface area (Å²) in [5.74, 6) is -3.30. The lowest BCUT2D eigenvalue weighted by Gasteiger charge is -2.30. The molecule has 0 aliphatic rings. The Balaban J connectivity index is 6.75. The van der Waals surface area contributed by atoms with E-state index in [0.717, 1.165) is 0 Å². The molecule has 0 heterocycles. The fourth-order valence-corrected chi connectivity index (χ4v) is 1.49. The summed E-state index contributed by atoms with van der Waals surface area (Å²) in [6.07, 6.45) is -45.8.